The molecule has 0 unspecified atom stereocenters. The molecule has 1 aliphatic heterocycles. The Balaban J connectivity index is 2.63. The highest BCUT2D eigenvalue weighted by Gasteiger charge is 1.94. The van der Waals surface area contributed by atoms with E-state index in [4.69, 9.17) is 4.74 Å². The summed E-state index contributed by atoms with van der Waals surface area (Å²) in [6.45, 7) is 0.268. The lowest BCUT2D eigenvalue weighted by Crippen LogP contribution is -1.98. The average Bonchev–Trinajstić information content (AvgIpc) is 1.90. The summed E-state index contributed by atoms with van der Waals surface area (Å²) in [4.78, 5) is 13.6. The van der Waals surface area contributed by atoms with Crippen LogP contribution in [0.5, 0.6) is 0 Å². The van der Waals surface area contributed by atoms with Crippen molar-refractivity contribution < 1.29 is 9.53 Å². The van der Waals surface area contributed by atoms with E-state index in [2.05, 4.69) is 4.99 Å². The van der Waals surface area contributed by atoms with Crippen LogP contribution >= 0.6 is 0 Å². The number of aliphatic imine (C=N–C) groups is 1. The lowest BCUT2D eigenvalue weighted by Gasteiger charge is -2.02. The highest BCUT2D eigenvalue weighted by Crippen LogP contribution is 1.95. The van der Waals surface area contributed by atoms with Gasteiger partial charge in [-0.05, 0) is 0 Å². The van der Waals surface area contributed by atoms with Crippen molar-refractivity contribution in [2.75, 3.05) is 6.73 Å². The minimum Gasteiger partial charge on any atom is -0.468 e. The number of aldehydes is 1. The largest absolute Gasteiger partial charge is 0.468 e. The molecule has 0 bridgehead atoms. The van der Waals surface area contributed by atoms with Gasteiger partial charge in [-0.1, -0.05) is 0 Å². The van der Waals surface area contributed by atoms with E-state index in [-0.39, 0.29) is 6.73 Å². The first kappa shape index (κ1) is 5.03. The first-order chi connectivity index (χ1) is 3.93. The number of hydrogen-bond acceptors (Lipinski definition) is 3. The van der Waals surface area contributed by atoms with Gasteiger partial charge in [0.15, 0.2) is 18.8 Å². The first-order valence-electron chi connectivity index (χ1n) is 2.21. The van der Waals surface area contributed by atoms with Crippen LogP contribution in [0.1, 0.15) is 0 Å². The quantitative estimate of drug-likeness (QED) is 0.451. The highest BCUT2D eigenvalue weighted by molar-refractivity contribution is 5.82. The predicted octanol–water partition coefficient (Wildman–Crippen LogP) is 0.128. The number of hydrogen-bond donors (Lipinski definition) is 0. The van der Waals surface area contributed by atoms with Gasteiger partial charge in [0, 0.05) is 12.3 Å². The molecule has 0 aromatic heterocycles. The first-order valence-corrected chi connectivity index (χ1v) is 2.21. The lowest BCUT2D eigenvalue weighted by atomic mass is 10.5. The van der Waals surface area contributed by atoms with Gasteiger partial charge in [0.2, 0.25) is 0 Å². The Hall–Kier alpha value is -1.12. The third kappa shape index (κ3) is 0.932. The zero-order valence-corrected chi connectivity index (χ0v) is 4.20. The minimum absolute atomic E-state index is 0.268. The molecule has 0 aromatic rings. The Bertz CT molecular complexity index is 149. The van der Waals surface area contributed by atoms with Gasteiger partial charge >= 0.3 is 0 Å². The van der Waals surface area contributed by atoms with Gasteiger partial charge in [-0.15, -0.1) is 0 Å². The van der Waals surface area contributed by atoms with Crippen molar-refractivity contribution in [1.82, 2.24) is 0 Å². The second-order valence-electron chi connectivity index (χ2n) is 1.29. The molecule has 0 spiro atoms. The standard InChI is InChI=1S/C5H5NO2/c7-3-5-1-2-6-4-8-5/h1-3H,4H2. The van der Waals surface area contributed by atoms with Gasteiger partial charge in [-0.25, -0.2) is 0 Å². The molecule has 0 N–H and O–H groups in total. The number of carbonyl (C=O) groups excluding carboxylic acids is 1. The molecular weight excluding hydrogens is 106 g/mol. The maximum absolute atomic E-state index is 9.90. The van der Waals surface area contributed by atoms with E-state index < -0.39 is 0 Å². The molecule has 0 fully saturated rings. The Labute approximate surface area is 46.7 Å². The van der Waals surface area contributed by atoms with Crippen molar-refractivity contribution in [3.8, 4) is 0 Å². The van der Waals surface area contributed by atoms with Gasteiger partial charge in [-0.3, -0.25) is 9.79 Å². The minimum atomic E-state index is 0.268. The summed E-state index contributed by atoms with van der Waals surface area (Å²) >= 11 is 0. The summed E-state index contributed by atoms with van der Waals surface area (Å²) in [5, 5.41) is 0. The summed E-state index contributed by atoms with van der Waals surface area (Å²) in [6, 6.07) is 0. The summed E-state index contributed by atoms with van der Waals surface area (Å²) in [7, 11) is 0. The Kier molecular flexibility index (Phi) is 1.42. The van der Waals surface area contributed by atoms with Crippen LogP contribution in [0.2, 0.25) is 0 Å². The number of carbonyl (C=O) groups is 1. The van der Waals surface area contributed by atoms with Crippen molar-refractivity contribution in [2.24, 2.45) is 4.99 Å². The summed E-state index contributed by atoms with van der Waals surface area (Å²) < 4.78 is 4.72. The van der Waals surface area contributed by atoms with Crippen LogP contribution in [-0.2, 0) is 9.53 Å². The van der Waals surface area contributed by atoms with Crippen molar-refractivity contribution >= 4 is 12.5 Å². The van der Waals surface area contributed by atoms with E-state index in [1.165, 1.54) is 6.08 Å². The van der Waals surface area contributed by atoms with E-state index in [0.717, 1.165) is 0 Å². The van der Waals surface area contributed by atoms with E-state index in [0.29, 0.717) is 12.0 Å². The number of rotatable bonds is 1. The topological polar surface area (TPSA) is 38.7 Å². The fraction of sp³-hybridized carbons (Fsp3) is 0.200. The van der Waals surface area contributed by atoms with Crippen molar-refractivity contribution in [3.63, 3.8) is 0 Å². The van der Waals surface area contributed by atoms with Crippen molar-refractivity contribution in [3.05, 3.63) is 11.8 Å². The Morgan fingerprint density at radius 3 is 3.12 bits per heavy atom. The fourth-order valence-corrected chi connectivity index (χ4v) is 0.402. The molecule has 8 heavy (non-hydrogen) atoms. The van der Waals surface area contributed by atoms with Crippen LogP contribution in [0.25, 0.3) is 0 Å². The molecular formula is C5H5NO2. The lowest BCUT2D eigenvalue weighted by molar-refractivity contribution is -0.107. The Morgan fingerprint density at radius 2 is 2.75 bits per heavy atom. The summed E-state index contributed by atoms with van der Waals surface area (Å²) in [5.41, 5.74) is 0. The maximum Gasteiger partial charge on any atom is 0.184 e. The highest BCUT2D eigenvalue weighted by atomic mass is 16.5. The molecule has 1 rings (SSSR count). The fourth-order valence-electron chi connectivity index (χ4n) is 0.402. The molecule has 3 nitrogen and oxygen atoms in total. The van der Waals surface area contributed by atoms with Crippen LogP contribution < -0.4 is 0 Å². The third-order valence-electron chi connectivity index (χ3n) is 0.766. The SMILES string of the molecule is O=CC1=CC=NCO1. The third-order valence-corrected chi connectivity index (χ3v) is 0.766. The van der Waals surface area contributed by atoms with E-state index in [1.54, 1.807) is 6.21 Å². The Morgan fingerprint density at radius 1 is 1.88 bits per heavy atom. The van der Waals surface area contributed by atoms with Gasteiger partial charge in [0.25, 0.3) is 0 Å². The number of ether oxygens (including phenoxy) is 1. The van der Waals surface area contributed by atoms with Crippen LogP contribution in [-0.4, -0.2) is 19.2 Å². The monoisotopic (exact) mass is 111 g/mol. The van der Waals surface area contributed by atoms with E-state index in [1.807, 2.05) is 0 Å². The number of allylic oxidation sites excluding steroid dienone is 2. The number of nitrogens with zero attached hydrogens (tertiary/aromatic N) is 1. The maximum atomic E-state index is 9.90. The predicted molar refractivity (Wildman–Crippen MR) is 28.6 cm³/mol. The van der Waals surface area contributed by atoms with Gasteiger partial charge in [0.1, 0.15) is 0 Å². The van der Waals surface area contributed by atoms with Crippen molar-refractivity contribution in [1.29, 1.82) is 0 Å². The molecule has 0 saturated heterocycles. The van der Waals surface area contributed by atoms with Gasteiger partial charge in [0.05, 0.1) is 0 Å². The van der Waals surface area contributed by atoms with Crippen LogP contribution in [0.4, 0.5) is 0 Å². The van der Waals surface area contributed by atoms with Crippen molar-refractivity contribution in [2.45, 2.75) is 0 Å². The average molecular weight is 111 g/mol. The second kappa shape index (κ2) is 2.26. The molecule has 42 valence electrons. The van der Waals surface area contributed by atoms with E-state index >= 15 is 0 Å². The zero-order chi connectivity index (χ0) is 5.82. The molecule has 0 atom stereocenters. The van der Waals surface area contributed by atoms with Crippen LogP contribution in [0.15, 0.2) is 16.8 Å². The van der Waals surface area contributed by atoms with E-state index in [9.17, 15) is 4.79 Å². The molecule has 1 heterocycles. The normalized spacial score (nSPS) is 16.8. The molecule has 1 aliphatic rings. The van der Waals surface area contributed by atoms with Crippen LogP contribution in [0.3, 0.4) is 0 Å². The smallest absolute Gasteiger partial charge is 0.184 e. The van der Waals surface area contributed by atoms with Crippen LogP contribution in [0, 0.1) is 0 Å². The zero-order valence-electron chi connectivity index (χ0n) is 4.20. The molecule has 0 aliphatic carbocycles. The summed E-state index contributed by atoms with van der Waals surface area (Å²) in [5.74, 6) is 0.347. The van der Waals surface area contributed by atoms with Gasteiger partial charge < -0.3 is 4.74 Å². The second-order valence-corrected chi connectivity index (χ2v) is 1.29. The molecule has 0 amide bonds. The molecule has 0 saturated carbocycles. The summed E-state index contributed by atoms with van der Waals surface area (Å²) in [6.07, 6.45) is 3.73. The molecule has 0 aromatic carbocycles. The van der Waals surface area contributed by atoms with Gasteiger partial charge in [-0.2, -0.15) is 0 Å². The molecule has 3 heteroatoms. The molecule has 0 radical (unpaired) electrons.